The third-order valence-corrected chi connectivity index (χ3v) is 16.8. The van der Waals surface area contributed by atoms with Gasteiger partial charge in [0.2, 0.25) is 0 Å². The van der Waals surface area contributed by atoms with Crippen molar-refractivity contribution in [2.24, 2.45) is 0 Å². The second kappa shape index (κ2) is 26.2. The topological polar surface area (TPSA) is 38.7 Å². The first-order chi connectivity index (χ1) is 44.6. The molecule has 4 heteroatoms. The molecule has 0 aliphatic rings. The van der Waals surface area contributed by atoms with Gasteiger partial charge in [-0.1, -0.05) is 287 Å². The van der Waals surface area contributed by atoms with Crippen LogP contribution in [0, 0.1) is 18.2 Å². The van der Waals surface area contributed by atoms with Crippen LogP contribution in [0.5, 0.6) is 0 Å². The fourth-order valence-corrected chi connectivity index (χ4v) is 12.5. The van der Waals surface area contributed by atoms with Gasteiger partial charge in [-0.15, -0.1) is 71.3 Å². The van der Waals surface area contributed by atoms with Crippen LogP contribution in [0.15, 0.2) is 340 Å². The van der Waals surface area contributed by atoms with E-state index in [4.69, 9.17) is 15.0 Å². The average molecular weight is 1340 g/mol. The van der Waals surface area contributed by atoms with Gasteiger partial charge in [-0.05, 0) is 138 Å². The van der Waals surface area contributed by atoms with Crippen LogP contribution in [0.4, 0.5) is 0 Å². The molecule has 0 saturated carbocycles. The molecule has 0 fully saturated rings. The van der Waals surface area contributed by atoms with Crippen LogP contribution in [-0.4, -0.2) is 15.0 Å². The van der Waals surface area contributed by atoms with Gasteiger partial charge in [0.1, 0.15) is 0 Å². The first kappa shape index (κ1) is 57.5. The number of pyridine rings is 3. The Morgan fingerprint density at radius 3 is 0.769 bits per heavy atom. The van der Waals surface area contributed by atoms with E-state index < -0.39 is 0 Å². The molecular weight excluding hydrogens is 1280 g/mol. The van der Waals surface area contributed by atoms with E-state index in [-0.39, 0.29) is 20.1 Å². The molecule has 15 aromatic rings. The number of hydrogen-bond donors (Lipinski definition) is 0. The molecule has 12 aromatic carbocycles. The zero-order valence-electron chi connectivity index (χ0n) is 49.5. The number of aromatic nitrogens is 3. The molecule has 3 nitrogen and oxygen atoms in total. The predicted molar refractivity (Wildman–Crippen MR) is 372 cm³/mol. The molecule has 0 spiro atoms. The van der Waals surface area contributed by atoms with E-state index in [1.807, 2.05) is 61.1 Å². The molecule has 91 heavy (non-hydrogen) atoms. The molecule has 3 aromatic heterocycles. The van der Waals surface area contributed by atoms with Crippen LogP contribution in [0.25, 0.3) is 156 Å². The molecule has 0 bridgehead atoms. The van der Waals surface area contributed by atoms with E-state index in [0.29, 0.717) is 0 Å². The van der Waals surface area contributed by atoms with Crippen molar-refractivity contribution in [3.63, 3.8) is 0 Å². The monoisotopic (exact) mass is 1340 g/mol. The zero-order valence-corrected chi connectivity index (χ0v) is 51.9. The summed E-state index contributed by atoms with van der Waals surface area (Å²) in [5, 5.41) is 0. The Kier molecular flexibility index (Phi) is 16.6. The minimum absolute atomic E-state index is 0. The second-order valence-electron chi connectivity index (χ2n) is 22.4. The third kappa shape index (κ3) is 12.0. The molecule has 0 saturated heterocycles. The largest absolute Gasteiger partial charge is 3.00 e. The summed E-state index contributed by atoms with van der Waals surface area (Å²) < 4.78 is 0. The quantitative estimate of drug-likeness (QED) is 0.102. The third-order valence-electron chi connectivity index (χ3n) is 16.8. The summed E-state index contributed by atoms with van der Waals surface area (Å²) in [4.78, 5) is 14.4. The molecule has 3 heterocycles. The van der Waals surface area contributed by atoms with E-state index in [2.05, 4.69) is 297 Å². The van der Waals surface area contributed by atoms with E-state index >= 15 is 0 Å². The van der Waals surface area contributed by atoms with Crippen molar-refractivity contribution in [3.8, 4) is 156 Å². The second-order valence-corrected chi connectivity index (χ2v) is 22.4. The van der Waals surface area contributed by atoms with Gasteiger partial charge in [-0.2, -0.15) is 0 Å². The van der Waals surface area contributed by atoms with Gasteiger partial charge in [0.25, 0.3) is 0 Å². The van der Waals surface area contributed by atoms with Crippen molar-refractivity contribution >= 4 is 0 Å². The van der Waals surface area contributed by atoms with Crippen molar-refractivity contribution < 1.29 is 20.1 Å². The van der Waals surface area contributed by atoms with Gasteiger partial charge < -0.3 is 15.0 Å². The maximum Gasteiger partial charge on any atom is 3.00 e. The van der Waals surface area contributed by atoms with Crippen LogP contribution in [0.1, 0.15) is 0 Å². The minimum Gasteiger partial charge on any atom is -0.305 e. The average Bonchev–Trinajstić information content (AvgIpc) is 1.51. The van der Waals surface area contributed by atoms with Crippen molar-refractivity contribution in [2.75, 3.05) is 0 Å². The first-order valence-electron chi connectivity index (χ1n) is 30.4. The summed E-state index contributed by atoms with van der Waals surface area (Å²) in [6.45, 7) is 0. The molecule has 0 atom stereocenters. The van der Waals surface area contributed by atoms with Crippen LogP contribution in [-0.2, 0) is 20.1 Å². The van der Waals surface area contributed by atoms with E-state index in [0.717, 1.165) is 156 Å². The summed E-state index contributed by atoms with van der Waals surface area (Å²) in [6, 6.07) is 126. The van der Waals surface area contributed by atoms with Crippen LogP contribution >= 0.6 is 0 Å². The molecule has 0 aliphatic heterocycles. The Balaban J connectivity index is 0.00000721. The van der Waals surface area contributed by atoms with Gasteiger partial charge >= 0.3 is 20.1 Å². The molecule has 15 rings (SSSR count). The maximum atomic E-state index is 4.81. The molecule has 0 N–H and O–H groups in total. The standard InChI is InChI=1S/C87H56N3.Ir/c1-4-24-60(25-5-1)63-30-22-32-65(52-63)83-58-68(86-41-17-20-50-89-86)44-47-80(83)77-38-14-11-35-74(77)71-54-70(73-34-10-13-37-76(73)79-46-43-67(85-40-16-19-49-88-85)57-82(79)62-28-8-3-9-29-62)55-72(56-71)75-36-12-15-39-78(75)81-48-45-69(87-42-18-21-51-90-87)59-84(81)66-33-23-31-64(53-66)61-26-6-2-7-27-61;/h1-42,46-59H;/q-3;+3. The number of hydrogen-bond acceptors (Lipinski definition) is 3. The van der Waals surface area contributed by atoms with Crippen molar-refractivity contribution in [1.82, 2.24) is 15.0 Å². The fraction of sp³-hybridized carbons (Fsp3) is 0. The Morgan fingerprint density at radius 1 is 0.176 bits per heavy atom. The van der Waals surface area contributed by atoms with E-state index in [9.17, 15) is 0 Å². The minimum atomic E-state index is 0. The Bertz CT molecular complexity index is 4800. The number of rotatable bonds is 14. The molecule has 0 aliphatic carbocycles. The smallest absolute Gasteiger partial charge is 0.305 e. The molecule has 428 valence electrons. The van der Waals surface area contributed by atoms with Gasteiger partial charge in [0.05, 0.1) is 0 Å². The van der Waals surface area contributed by atoms with Crippen LogP contribution in [0.2, 0.25) is 0 Å². The summed E-state index contributed by atoms with van der Waals surface area (Å²) in [5.74, 6) is 0. The Morgan fingerprint density at radius 2 is 0.440 bits per heavy atom. The van der Waals surface area contributed by atoms with Crippen molar-refractivity contribution in [1.29, 1.82) is 0 Å². The number of benzene rings is 12. The van der Waals surface area contributed by atoms with Gasteiger partial charge in [-0.3, -0.25) is 0 Å². The maximum absolute atomic E-state index is 4.81. The Hall–Kier alpha value is -11.3. The summed E-state index contributed by atoms with van der Waals surface area (Å²) in [5.41, 5.74) is 29.4. The predicted octanol–water partition coefficient (Wildman–Crippen LogP) is 22.6. The first-order valence-corrected chi connectivity index (χ1v) is 30.4. The SMILES string of the molecule is [Ir+3].[c-]1cc(-c2ccccc2-c2cc(-c3ccccc3-c3c[c-]c(-c4ccccn4)cc3-c3cccc(-c4ccccc4)c3)cc(-c3ccccc3-c3c[c-]c(-c4ccccn4)cc3-c3cccc(-c4ccccc4)c3)c2)c(-c2ccccc2)cc1-c1ccccn1. The van der Waals surface area contributed by atoms with Crippen molar-refractivity contribution in [3.05, 3.63) is 358 Å². The zero-order chi connectivity index (χ0) is 60.0. The summed E-state index contributed by atoms with van der Waals surface area (Å²) >= 11 is 0. The molecule has 0 radical (unpaired) electrons. The van der Waals surface area contributed by atoms with Gasteiger partial charge in [-0.25, -0.2) is 0 Å². The molecule has 0 amide bonds. The molecular formula is C87H56IrN3. The van der Waals surface area contributed by atoms with E-state index in [1.165, 1.54) is 0 Å². The van der Waals surface area contributed by atoms with Gasteiger partial charge in [0.15, 0.2) is 0 Å². The molecule has 0 unspecified atom stereocenters. The van der Waals surface area contributed by atoms with Crippen molar-refractivity contribution in [2.45, 2.75) is 0 Å². The number of nitrogens with zero attached hydrogens (tertiary/aromatic N) is 3. The normalized spacial score (nSPS) is 11.0. The van der Waals surface area contributed by atoms with Crippen LogP contribution < -0.4 is 0 Å². The fourth-order valence-electron chi connectivity index (χ4n) is 12.5. The Labute approximate surface area is 545 Å². The summed E-state index contributed by atoms with van der Waals surface area (Å²) in [7, 11) is 0. The van der Waals surface area contributed by atoms with Gasteiger partial charge in [0, 0.05) is 18.6 Å². The van der Waals surface area contributed by atoms with E-state index in [1.54, 1.807) is 0 Å². The summed E-state index contributed by atoms with van der Waals surface area (Å²) in [6.07, 6.45) is 5.54. The van der Waals surface area contributed by atoms with Crippen LogP contribution in [0.3, 0.4) is 0 Å².